The fourth-order valence-electron chi connectivity index (χ4n) is 2.50. The zero-order valence-electron chi connectivity index (χ0n) is 11.5. The van der Waals surface area contributed by atoms with Crippen LogP contribution < -0.4 is 5.73 Å². The summed E-state index contributed by atoms with van der Waals surface area (Å²) in [5, 5.41) is 9.76. The molecule has 5 nitrogen and oxygen atoms in total. The summed E-state index contributed by atoms with van der Waals surface area (Å²) in [5.41, 5.74) is 9.16. The van der Waals surface area contributed by atoms with E-state index in [9.17, 15) is 9.90 Å². The first kappa shape index (κ1) is 13.2. The van der Waals surface area contributed by atoms with Gasteiger partial charge in [0.2, 0.25) is 0 Å². The zero-order chi connectivity index (χ0) is 15.0. The van der Waals surface area contributed by atoms with Crippen molar-refractivity contribution in [3.05, 3.63) is 59.2 Å². The number of hydrogen-bond donors (Lipinski definition) is 2. The summed E-state index contributed by atoms with van der Waals surface area (Å²) in [7, 11) is 1.28. The van der Waals surface area contributed by atoms with Crippen LogP contribution in [-0.4, -0.2) is 28.6 Å². The molecule has 5 heteroatoms. The number of carbonyl (C=O) groups is 1. The Hall–Kier alpha value is -2.82. The normalized spacial score (nSPS) is 13.2. The number of methoxy groups -OCH3 is 1. The molecule has 0 atom stereocenters. The molecule has 1 aliphatic rings. The highest BCUT2D eigenvalue weighted by atomic mass is 16.5. The molecule has 2 aromatic rings. The van der Waals surface area contributed by atoms with Crippen molar-refractivity contribution in [3.63, 3.8) is 0 Å². The van der Waals surface area contributed by atoms with Crippen molar-refractivity contribution in [3.8, 4) is 5.75 Å². The van der Waals surface area contributed by atoms with Gasteiger partial charge in [-0.25, -0.2) is 9.37 Å². The summed E-state index contributed by atoms with van der Waals surface area (Å²) in [6, 6.07) is 12.7. The topological polar surface area (TPSA) is 75.6 Å². The quantitative estimate of drug-likeness (QED) is 0.650. The average Bonchev–Trinajstić information content (AvgIpc) is 2.85. The van der Waals surface area contributed by atoms with Gasteiger partial charge in [0.05, 0.1) is 12.7 Å². The largest absolute Gasteiger partial charge is 0.507 e. The molecule has 21 heavy (non-hydrogen) atoms. The minimum Gasteiger partial charge on any atom is -0.507 e. The van der Waals surface area contributed by atoms with Crippen molar-refractivity contribution < 1.29 is 19.2 Å². The standard InChI is InChI=1S/C16H14N2O3/c1-21-16(20)13-8-11(6-7-14(13)19)18-9-10-4-2-3-5-12(10)15(18)17/h2-8,17H,9H2,1H3,(H,19,20)/p+1. The zero-order valence-corrected chi connectivity index (χ0v) is 11.5. The number of amidine groups is 1. The minimum atomic E-state index is -0.579. The lowest BCUT2D eigenvalue weighted by molar-refractivity contribution is -0.453. The van der Waals surface area contributed by atoms with Gasteiger partial charge >= 0.3 is 5.97 Å². The van der Waals surface area contributed by atoms with Gasteiger partial charge in [0.15, 0.2) is 0 Å². The number of benzene rings is 2. The van der Waals surface area contributed by atoms with Gasteiger partial charge in [0.25, 0.3) is 5.84 Å². The number of phenolic OH excluding ortho intramolecular Hbond substituents is 1. The molecule has 0 aliphatic carbocycles. The second-order valence-electron chi connectivity index (χ2n) is 4.82. The van der Waals surface area contributed by atoms with Crippen LogP contribution in [0.1, 0.15) is 21.5 Å². The number of rotatable bonds is 2. The third kappa shape index (κ3) is 2.12. The highest BCUT2D eigenvalue weighted by Gasteiger charge is 2.26. The third-order valence-corrected chi connectivity index (χ3v) is 3.61. The lowest BCUT2D eigenvalue weighted by Gasteiger charge is -2.07. The van der Waals surface area contributed by atoms with Gasteiger partial charge in [0, 0.05) is 11.6 Å². The second-order valence-corrected chi connectivity index (χ2v) is 4.82. The predicted octanol–water partition coefficient (Wildman–Crippen LogP) is 1.74. The Morgan fingerprint density at radius 2 is 2.05 bits per heavy atom. The number of aromatic hydroxyl groups is 1. The summed E-state index contributed by atoms with van der Waals surface area (Å²) in [6.45, 7) is 0.632. The van der Waals surface area contributed by atoms with E-state index in [-0.39, 0.29) is 11.3 Å². The van der Waals surface area contributed by atoms with E-state index in [2.05, 4.69) is 4.74 Å². The van der Waals surface area contributed by atoms with E-state index in [1.54, 1.807) is 12.1 Å². The SMILES string of the molecule is COC(=O)c1cc([N+]2=C(N)c3ccccc3C2)ccc1O. The number of nitrogens with two attached hydrogens (primary N) is 1. The number of fused-ring (bicyclic) bond motifs is 1. The molecule has 0 saturated carbocycles. The van der Waals surface area contributed by atoms with E-state index in [1.807, 2.05) is 28.8 Å². The van der Waals surface area contributed by atoms with E-state index in [0.29, 0.717) is 12.4 Å². The Morgan fingerprint density at radius 1 is 1.29 bits per heavy atom. The molecule has 0 spiro atoms. The van der Waals surface area contributed by atoms with Gasteiger partial charge in [-0.05, 0) is 18.2 Å². The first-order valence-corrected chi connectivity index (χ1v) is 6.51. The van der Waals surface area contributed by atoms with Crippen LogP contribution in [0.2, 0.25) is 0 Å². The van der Waals surface area contributed by atoms with E-state index in [1.165, 1.54) is 13.2 Å². The molecule has 3 rings (SSSR count). The van der Waals surface area contributed by atoms with E-state index in [4.69, 9.17) is 5.73 Å². The number of phenols is 1. The number of carbonyl (C=O) groups excluding carboxylic acids is 1. The number of hydrogen-bond acceptors (Lipinski definition) is 4. The molecule has 0 unspecified atom stereocenters. The molecule has 0 saturated heterocycles. The first-order valence-electron chi connectivity index (χ1n) is 6.51. The fourth-order valence-corrected chi connectivity index (χ4v) is 2.50. The van der Waals surface area contributed by atoms with Gasteiger partial charge in [0.1, 0.15) is 23.5 Å². The Balaban J connectivity index is 2.07. The number of nitrogens with zero attached hydrogens (tertiary/aromatic N) is 1. The van der Waals surface area contributed by atoms with Crippen LogP contribution in [0.3, 0.4) is 0 Å². The van der Waals surface area contributed by atoms with E-state index in [0.717, 1.165) is 16.8 Å². The van der Waals surface area contributed by atoms with Crippen LogP contribution >= 0.6 is 0 Å². The molecule has 0 aromatic heterocycles. The summed E-state index contributed by atoms with van der Waals surface area (Å²) in [6.07, 6.45) is 0. The molecule has 2 aromatic carbocycles. The highest BCUT2D eigenvalue weighted by molar-refractivity contribution is 5.97. The van der Waals surface area contributed by atoms with Crippen molar-refractivity contribution in [1.82, 2.24) is 0 Å². The monoisotopic (exact) mass is 283 g/mol. The smallest absolute Gasteiger partial charge is 0.341 e. The third-order valence-electron chi connectivity index (χ3n) is 3.61. The molecule has 1 heterocycles. The Labute approximate surface area is 121 Å². The summed E-state index contributed by atoms with van der Waals surface area (Å²) in [5.74, 6) is -0.0578. The molecule has 0 fully saturated rings. The van der Waals surface area contributed by atoms with Gasteiger partial charge in [-0.2, -0.15) is 0 Å². The Kier molecular flexibility index (Phi) is 3.10. The van der Waals surface area contributed by atoms with Crippen molar-refractivity contribution >= 4 is 17.5 Å². The molecular formula is C16H15N2O3+. The van der Waals surface area contributed by atoms with Gasteiger partial charge in [-0.3, -0.25) is 5.73 Å². The fraction of sp³-hybridized carbons (Fsp3) is 0.125. The molecule has 0 bridgehead atoms. The lowest BCUT2D eigenvalue weighted by Crippen LogP contribution is -2.20. The van der Waals surface area contributed by atoms with Crippen LogP contribution in [0.15, 0.2) is 42.5 Å². The maximum atomic E-state index is 11.7. The van der Waals surface area contributed by atoms with Crippen LogP contribution in [-0.2, 0) is 11.3 Å². The number of ether oxygens (including phenoxy) is 1. The summed E-state index contributed by atoms with van der Waals surface area (Å²) < 4.78 is 6.57. The van der Waals surface area contributed by atoms with Crippen LogP contribution in [0.4, 0.5) is 5.69 Å². The maximum absolute atomic E-state index is 11.7. The number of esters is 1. The van der Waals surface area contributed by atoms with Gasteiger partial charge in [-0.15, -0.1) is 0 Å². The first-order chi connectivity index (χ1) is 10.1. The Morgan fingerprint density at radius 3 is 2.76 bits per heavy atom. The average molecular weight is 283 g/mol. The lowest BCUT2D eigenvalue weighted by atomic mass is 10.1. The molecular weight excluding hydrogens is 268 g/mol. The minimum absolute atomic E-state index is 0.110. The molecule has 0 radical (unpaired) electrons. The Bertz CT molecular complexity index is 766. The van der Waals surface area contributed by atoms with Crippen molar-refractivity contribution in [2.45, 2.75) is 6.54 Å². The van der Waals surface area contributed by atoms with E-state index < -0.39 is 5.97 Å². The van der Waals surface area contributed by atoms with Crippen molar-refractivity contribution in [1.29, 1.82) is 0 Å². The molecule has 0 amide bonds. The second kappa shape index (κ2) is 4.94. The molecule has 1 aliphatic heterocycles. The molecule has 106 valence electrons. The maximum Gasteiger partial charge on any atom is 0.341 e. The van der Waals surface area contributed by atoms with Crippen molar-refractivity contribution in [2.75, 3.05) is 7.11 Å². The molecule has 3 N–H and O–H groups in total. The van der Waals surface area contributed by atoms with Gasteiger partial charge in [-0.1, -0.05) is 18.2 Å². The van der Waals surface area contributed by atoms with Crippen LogP contribution in [0.5, 0.6) is 5.75 Å². The van der Waals surface area contributed by atoms with Gasteiger partial charge < -0.3 is 9.84 Å². The summed E-state index contributed by atoms with van der Waals surface area (Å²) >= 11 is 0. The van der Waals surface area contributed by atoms with Crippen LogP contribution in [0, 0.1) is 0 Å². The van der Waals surface area contributed by atoms with E-state index >= 15 is 0 Å². The van der Waals surface area contributed by atoms with Crippen LogP contribution in [0.25, 0.3) is 0 Å². The summed E-state index contributed by atoms with van der Waals surface area (Å²) in [4.78, 5) is 11.7. The predicted molar refractivity (Wildman–Crippen MR) is 77.8 cm³/mol. The highest BCUT2D eigenvalue weighted by Crippen LogP contribution is 2.28. The van der Waals surface area contributed by atoms with Crippen molar-refractivity contribution in [2.24, 2.45) is 5.73 Å².